The summed E-state index contributed by atoms with van der Waals surface area (Å²) in [4.78, 5) is 3.87. The van der Waals surface area contributed by atoms with Gasteiger partial charge in [-0.25, -0.2) is 6.92 Å². The third kappa shape index (κ3) is 17.0. The van der Waals surface area contributed by atoms with Crippen LogP contribution in [0.1, 0.15) is 5.69 Å². The fourth-order valence-electron chi connectivity index (χ4n) is 0.579. The van der Waals surface area contributed by atoms with Gasteiger partial charge in [-0.2, -0.15) is 6.07 Å². The van der Waals surface area contributed by atoms with Gasteiger partial charge in [0.2, 0.25) is 0 Å². The maximum atomic E-state index is 7.50. The summed E-state index contributed by atoms with van der Waals surface area (Å²) in [5.41, 5.74) is 0.822. The Morgan fingerprint density at radius 1 is 1.12 bits per heavy atom. The topological polar surface area (TPSA) is 52.7 Å². The van der Waals surface area contributed by atoms with E-state index in [0.717, 1.165) is 5.69 Å². The van der Waals surface area contributed by atoms with Gasteiger partial charge in [0.05, 0.1) is 0 Å². The van der Waals surface area contributed by atoms with Crippen LogP contribution in [0.4, 0.5) is 0 Å². The third-order valence-corrected chi connectivity index (χ3v) is 1.08. The second-order valence-corrected chi connectivity index (χ2v) is 2.00. The van der Waals surface area contributed by atoms with E-state index < -0.39 is 0 Å². The Morgan fingerprint density at radius 2 is 1.65 bits per heavy atom. The second-order valence-electron chi connectivity index (χ2n) is 2.00. The maximum absolute atomic E-state index is 7.50. The molecule has 0 unspecified atom stereocenters. The van der Waals surface area contributed by atoms with Crippen molar-refractivity contribution in [3.63, 3.8) is 0 Å². The molecule has 1 aromatic carbocycles. The summed E-state index contributed by atoms with van der Waals surface area (Å²) in [5.74, 6) is 0. The summed E-state index contributed by atoms with van der Waals surface area (Å²) in [6.07, 6.45) is 1.72. The quantitative estimate of drug-likeness (QED) is 0.407. The molecule has 1 aromatic heterocycles. The monoisotopic (exact) mass is 265 g/mol. The fraction of sp³-hybridized carbons (Fsp3) is 0. The first-order valence-corrected chi connectivity index (χ1v) is 3.86. The van der Waals surface area contributed by atoms with Gasteiger partial charge in [0.15, 0.2) is 0 Å². The van der Waals surface area contributed by atoms with E-state index in [0.29, 0.717) is 0 Å². The number of aromatic nitrogens is 1. The summed E-state index contributed by atoms with van der Waals surface area (Å²) in [5, 5.41) is 0. The molecule has 0 aliphatic rings. The molecule has 0 saturated heterocycles. The molecule has 4 heteroatoms. The Bertz CT molecular complexity index is 331. The van der Waals surface area contributed by atoms with Crippen molar-refractivity contribution in [2.75, 3.05) is 0 Å². The molecule has 0 bridgehead atoms. The summed E-state index contributed by atoms with van der Waals surface area (Å²) in [6, 6.07) is 17.6. The van der Waals surface area contributed by atoms with E-state index in [1.165, 1.54) is 0 Å². The van der Waals surface area contributed by atoms with E-state index in [9.17, 15) is 0 Å². The van der Waals surface area contributed by atoms with Gasteiger partial charge in [0.25, 0.3) is 0 Å². The van der Waals surface area contributed by atoms with Gasteiger partial charge >= 0.3 is 39.7 Å². The Kier molecular flexibility index (Phi) is 24.2. The minimum absolute atomic E-state index is 0. The summed E-state index contributed by atoms with van der Waals surface area (Å²) < 4.78 is 15.0. The SMILES string of the molecule is [C-]#[O+].[C-]#[O+].[CH2-]c1ccccn1.[Fe+6].[c-]1[c-][c-][cH-][c-]1. The molecule has 1 heterocycles. The van der Waals surface area contributed by atoms with Gasteiger partial charge in [0.1, 0.15) is 0 Å². The Hall–Kier alpha value is -1.63. The number of pyridine rings is 1. The minimum Gasteiger partial charge on any atom is -0.999 e. The molecule has 0 N–H and O–H groups in total. The van der Waals surface area contributed by atoms with Gasteiger partial charge in [0, 0.05) is 6.20 Å². The molecule has 0 amide bonds. The van der Waals surface area contributed by atoms with Crippen LogP contribution in [0, 0.1) is 44.5 Å². The minimum atomic E-state index is 0. The van der Waals surface area contributed by atoms with E-state index in [4.69, 9.17) is 9.30 Å². The molecule has 0 spiro atoms. The molecule has 0 radical (unpaired) electrons. The first-order chi connectivity index (χ1) is 7.89. The van der Waals surface area contributed by atoms with Crippen molar-refractivity contribution in [2.45, 2.75) is 0 Å². The van der Waals surface area contributed by atoms with Crippen molar-refractivity contribution in [3.8, 4) is 0 Å². The van der Waals surface area contributed by atoms with Crippen LogP contribution in [0.25, 0.3) is 0 Å². The van der Waals surface area contributed by atoms with Gasteiger partial charge in [-0.05, 0) is 0 Å². The molecule has 84 valence electrons. The zero-order valence-electron chi connectivity index (χ0n) is 8.71. The summed E-state index contributed by atoms with van der Waals surface area (Å²) >= 11 is 0. The summed E-state index contributed by atoms with van der Waals surface area (Å²) in [7, 11) is 0. The number of rotatable bonds is 0. The average molecular weight is 265 g/mol. The van der Waals surface area contributed by atoms with Crippen LogP contribution < -0.4 is 0 Å². The second kappa shape index (κ2) is 19.9. The molecule has 2 rings (SSSR count). The zero-order chi connectivity index (χ0) is 12.6. The van der Waals surface area contributed by atoms with Gasteiger partial charge in [-0.1, -0.05) is 6.07 Å². The Morgan fingerprint density at radius 3 is 1.82 bits per heavy atom. The van der Waals surface area contributed by atoms with Crippen molar-refractivity contribution in [1.82, 2.24) is 4.98 Å². The Labute approximate surface area is 112 Å². The largest absolute Gasteiger partial charge is 6.00 e. The van der Waals surface area contributed by atoms with Gasteiger partial charge in [-0.3, -0.25) is 4.98 Å². The fourth-order valence-corrected chi connectivity index (χ4v) is 0.579. The van der Waals surface area contributed by atoms with Gasteiger partial charge < -0.3 is 30.3 Å². The van der Waals surface area contributed by atoms with Gasteiger partial charge in [-0.15, -0.1) is 11.8 Å². The van der Waals surface area contributed by atoms with Crippen LogP contribution in [0.5, 0.6) is 0 Å². The number of hydrogen-bond acceptors (Lipinski definition) is 1. The standard InChI is InChI=1S/C6H6N.C5H.2CO.Fe/c1-6-4-2-3-5-7-6;1-2-4-5-3-1;2*1-2;/h2-5H,1H2;1H;;;/q-1;-5;;;+6. The number of nitrogens with zero attached hydrogens (tertiary/aromatic N) is 1. The molecule has 0 saturated carbocycles. The molecule has 0 aliphatic heterocycles. The average Bonchev–Trinajstić information content (AvgIpc) is 2.94. The van der Waals surface area contributed by atoms with Crippen LogP contribution in [0.15, 0.2) is 30.5 Å². The molecule has 2 aromatic rings. The van der Waals surface area contributed by atoms with E-state index in [-0.39, 0.29) is 17.1 Å². The first kappa shape index (κ1) is 20.7. The maximum Gasteiger partial charge on any atom is 6.00 e. The Balaban J connectivity index is -0.000000175. The zero-order valence-corrected chi connectivity index (χ0v) is 9.82. The molecule has 0 fully saturated rings. The van der Waals surface area contributed by atoms with Crippen molar-refractivity contribution in [2.24, 2.45) is 0 Å². The van der Waals surface area contributed by atoms with Crippen molar-refractivity contribution < 1.29 is 26.4 Å². The molecular weight excluding hydrogens is 258 g/mol. The van der Waals surface area contributed by atoms with Crippen molar-refractivity contribution in [1.29, 1.82) is 0 Å². The third-order valence-electron chi connectivity index (χ3n) is 1.08. The smallest absolute Gasteiger partial charge is 0.999 e. The first-order valence-electron chi connectivity index (χ1n) is 3.86. The number of hydrogen-bond donors (Lipinski definition) is 0. The molecule has 17 heavy (non-hydrogen) atoms. The summed E-state index contributed by atoms with van der Waals surface area (Å²) in [6.45, 7) is 12.6. The molecule has 0 aliphatic carbocycles. The van der Waals surface area contributed by atoms with E-state index in [2.05, 4.69) is 49.5 Å². The molecular formula is C13H7FeNO2. The predicted molar refractivity (Wildman–Crippen MR) is 53.9 cm³/mol. The van der Waals surface area contributed by atoms with Crippen molar-refractivity contribution >= 4 is 0 Å². The van der Waals surface area contributed by atoms with Crippen LogP contribution in [0.3, 0.4) is 0 Å². The molecule has 0 atom stereocenters. The predicted octanol–water partition coefficient (Wildman–Crippen LogP) is 1.79. The van der Waals surface area contributed by atoms with Crippen molar-refractivity contribution in [3.05, 3.63) is 80.6 Å². The van der Waals surface area contributed by atoms with Crippen LogP contribution in [0.2, 0.25) is 0 Å². The van der Waals surface area contributed by atoms with E-state index in [1.54, 1.807) is 12.3 Å². The molecule has 3 nitrogen and oxygen atoms in total. The van der Waals surface area contributed by atoms with Crippen LogP contribution in [-0.2, 0) is 26.4 Å². The van der Waals surface area contributed by atoms with Crippen LogP contribution >= 0.6 is 0 Å². The van der Waals surface area contributed by atoms with E-state index >= 15 is 0 Å². The van der Waals surface area contributed by atoms with E-state index in [1.807, 2.05) is 18.2 Å². The normalized spacial score (nSPS) is 6.12. The van der Waals surface area contributed by atoms with Crippen LogP contribution in [-0.4, -0.2) is 4.98 Å².